The maximum absolute atomic E-state index is 12.8. The highest BCUT2D eigenvalue weighted by molar-refractivity contribution is 5.67. The van der Waals surface area contributed by atoms with Crippen molar-refractivity contribution < 1.29 is 17.9 Å². The molecule has 2 heterocycles. The van der Waals surface area contributed by atoms with E-state index in [1.54, 1.807) is 0 Å². The van der Waals surface area contributed by atoms with E-state index >= 15 is 0 Å². The van der Waals surface area contributed by atoms with Gasteiger partial charge in [-0.3, -0.25) is 0 Å². The van der Waals surface area contributed by atoms with Crippen LogP contribution in [-0.2, 0) is 12.8 Å². The number of ether oxygens (including phenoxy) is 1. The molecule has 0 spiro atoms. The number of halogens is 3. The lowest BCUT2D eigenvalue weighted by molar-refractivity contribution is -0.137. The summed E-state index contributed by atoms with van der Waals surface area (Å²) in [5.74, 6) is 0.880. The summed E-state index contributed by atoms with van der Waals surface area (Å²) >= 11 is 0. The number of aromatic nitrogens is 2. The molecule has 1 aromatic carbocycles. The zero-order valence-electron chi connectivity index (χ0n) is 15.2. The standard InChI is InChI=1S/C19H20F3N4O2/c1-2-13-6-8-26(9-7-13)17-16(25-27)18(24-12-23-17)28-11-14-4-3-5-15(10-14)19(20,21)22/h3-5,10,12-13H,1-2,6-9,11H2. The minimum absolute atomic E-state index is 0.0393. The molecule has 0 saturated carbocycles. The topological polar surface area (TPSA) is 67.7 Å². The van der Waals surface area contributed by atoms with E-state index in [9.17, 15) is 18.1 Å². The number of rotatable bonds is 6. The Labute approximate surface area is 160 Å². The van der Waals surface area contributed by atoms with Gasteiger partial charge in [0, 0.05) is 13.1 Å². The smallest absolute Gasteiger partial charge is 0.416 e. The Morgan fingerprint density at radius 2 is 2.00 bits per heavy atom. The number of alkyl halides is 3. The van der Waals surface area contributed by atoms with Gasteiger partial charge in [0.1, 0.15) is 12.9 Å². The summed E-state index contributed by atoms with van der Waals surface area (Å²) in [5.41, 5.74) is -0.496. The van der Waals surface area contributed by atoms with Crippen LogP contribution in [0.4, 0.5) is 24.7 Å². The van der Waals surface area contributed by atoms with Gasteiger partial charge in [-0.25, -0.2) is 4.98 Å². The van der Waals surface area contributed by atoms with E-state index in [0.29, 0.717) is 30.4 Å². The van der Waals surface area contributed by atoms with E-state index in [1.807, 2.05) is 4.90 Å². The Kier molecular flexibility index (Phi) is 6.11. The second-order valence-corrected chi connectivity index (χ2v) is 6.65. The molecule has 0 amide bonds. The van der Waals surface area contributed by atoms with E-state index < -0.39 is 11.7 Å². The molecule has 1 radical (unpaired) electrons. The molecule has 1 aliphatic heterocycles. The maximum atomic E-state index is 12.8. The van der Waals surface area contributed by atoms with Gasteiger partial charge in [0.05, 0.1) is 5.56 Å². The predicted molar refractivity (Wildman–Crippen MR) is 98.2 cm³/mol. The van der Waals surface area contributed by atoms with Gasteiger partial charge in [0.15, 0.2) is 5.82 Å². The van der Waals surface area contributed by atoms with Gasteiger partial charge < -0.3 is 9.64 Å². The normalized spacial score (nSPS) is 15.5. The van der Waals surface area contributed by atoms with Crippen LogP contribution >= 0.6 is 0 Å². The molecule has 0 atom stereocenters. The van der Waals surface area contributed by atoms with Crippen LogP contribution in [0.2, 0.25) is 0 Å². The molecular formula is C19H20F3N4O2. The Morgan fingerprint density at radius 1 is 1.25 bits per heavy atom. The van der Waals surface area contributed by atoms with Gasteiger partial charge in [0.25, 0.3) is 0 Å². The number of anilines is 1. The first-order valence-electron chi connectivity index (χ1n) is 8.94. The molecule has 0 aliphatic carbocycles. The Balaban J connectivity index is 1.75. The third-order valence-electron chi connectivity index (χ3n) is 4.81. The van der Waals surface area contributed by atoms with Crippen molar-refractivity contribution in [1.29, 1.82) is 0 Å². The lowest BCUT2D eigenvalue weighted by Crippen LogP contribution is -2.34. The van der Waals surface area contributed by atoms with Crippen LogP contribution in [0.3, 0.4) is 0 Å². The van der Waals surface area contributed by atoms with E-state index in [1.165, 1.54) is 18.5 Å². The summed E-state index contributed by atoms with van der Waals surface area (Å²) in [7, 11) is 0. The molecule has 1 saturated heterocycles. The summed E-state index contributed by atoms with van der Waals surface area (Å²) in [4.78, 5) is 21.5. The minimum atomic E-state index is -4.44. The molecule has 2 aromatic rings. The van der Waals surface area contributed by atoms with Crippen LogP contribution < -0.4 is 9.64 Å². The highest BCUT2D eigenvalue weighted by Crippen LogP contribution is 2.36. The number of hydrogen-bond acceptors (Lipinski definition) is 6. The predicted octanol–water partition coefficient (Wildman–Crippen LogP) is 4.91. The fraction of sp³-hybridized carbons (Fsp3) is 0.421. The molecule has 0 bridgehead atoms. The maximum Gasteiger partial charge on any atom is 0.416 e. The van der Waals surface area contributed by atoms with Gasteiger partial charge in [0.2, 0.25) is 11.6 Å². The van der Waals surface area contributed by atoms with Crippen molar-refractivity contribution in [2.75, 3.05) is 18.0 Å². The SMILES string of the molecule is [CH2]CC1CCN(c2ncnc(OCc3cccc(C(F)(F)F)c3)c2N=O)CC1. The van der Waals surface area contributed by atoms with Crippen molar-refractivity contribution in [3.63, 3.8) is 0 Å². The summed E-state index contributed by atoms with van der Waals surface area (Å²) in [6, 6.07) is 4.80. The number of hydrogen-bond donors (Lipinski definition) is 0. The van der Waals surface area contributed by atoms with E-state index in [4.69, 9.17) is 4.74 Å². The largest absolute Gasteiger partial charge is 0.471 e. The van der Waals surface area contributed by atoms with Crippen LogP contribution in [0.5, 0.6) is 5.88 Å². The average molecular weight is 393 g/mol. The first-order chi connectivity index (χ1) is 13.4. The summed E-state index contributed by atoms with van der Waals surface area (Å²) in [5, 5.41) is 3.02. The second kappa shape index (κ2) is 8.53. The number of nitrogens with zero attached hydrogens (tertiary/aromatic N) is 4. The van der Waals surface area contributed by atoms with E-state index in [0.717, 1.165) is 31.4 Å². The van der Waals surface area contributed by atoms with Crippen molar-refractivity contribution in [3.8, 4) is 5.88 Å². The fourth-order valence-electron chi connectivity index (χ4n) is 3.19. The quantitative estimate of drug-likeness (QED) is 0.652. The van der Waals surface area contributed by atoms with E-state index in [2.05, 4.69) is 22.1 Å². The summed E-state index contributed by atoms with van der Waals surface area (Å²) in [6.07, 6.45) is -0.438. The van der Waals surface area contributed by atoms with Crippen LogP contribution in [0.25, 0.3) is 0 Å². The van der Waals surface area contributed by atoms with Gasteiger partial charge in [-0.1, -0.05) is 25.5 Å². The van der Waals surface area contributed by atoms with Gasteiger partial charge in [-0.05, 0) is 41.6 Å². The van der Waals surface area contributed by atoms with Gasteiger partial charge in [-0.15, -0.1) is 4.91 Å². The zero-order chi connectivity index (χ0) is 20.1. The monoisotopic (exact) mass is 393 g/mol. The van der Waals surface area contributed by atoms with Gasteiger partial charge >= 0.3 is 6.18 Å². The Morgan fingerprint density at radius 3 is 2.64 bits per heavy atom. The average Bonchev–Trinajstić information content (AvgIpc) is 2.71. The molecule has 3 rings (SSSR count). The van der Waals surface area contributed by atoms with E-state index in [-0.39, 0.29) is 18.2 Å². The fourth-order valence-corrected chi connectivity index (χ4v) is 3.19. The van der Waals surface area contributed by atoms with Crippen molar-refractivity contribution >= 4 is 11.5 Å². The highest BCUT2D eigenvalue weighted by atomic mass is 19.4. The number of benzene rings is 1. The number of piperidine rings is 1. The third-order valence-corrected chi connectivity index (χ3v) is 4.81. The molecule has 1 aliphatic rings. The van der Waals surface area contributed by atoms with Crippen LogP contribution in [0.15, 0.2) is 35.8 Å². The van der Waals surface area contributed by atoms with Gasteiger partial charge in [-0.2, -0.15) is 18.2 Å². The highest BCUT2D eigenvalue weighted by Gasteiger charge is 2.30. The zero-order valence-corrected chi connectivity index (χ0v) is 15.2. The van der Waals surface area contributed by atoms with Crippen LogP contribution in [0, 0.1) is 17.7 Å². The van der Waals surface area contributed by atoms with Crippen LogP contribution in [0.1, 0.15) is 30.4 Å². The Hall–Kier alpha value is -2.71. The summed E-state index contributed by atoms with van der Waals surface area (Å²) in [6.45, 7) is 5.18. The number of nitroso groups, excluding NO2 is 1. The van der Waals surface area contributed by atoms with Crippen molar-refractivity contribution in [1.82, 2.24) is 9.97 Å². The molecule has 149 valence electrons. The second-order valence-electron chi connectivity index (χ2n) is 6.65. The van der Waals surface area contributed by atoms with Crippen LogP contribution in [-0.4, -0.2) is 23.1 Å². The first-order valence-corrected chi connectivity index (χ1v) is 8.94. The van der Waals surface area contributed by atoms with Crippen molar-refractivity contribution in [3.05, 3.63) is 53.6 Å². The molecule has 6 nitrogen and oxygen atoms in total. The van der Waals surface area contributed by atoms with Crippen molar-refractivity contribution in [2.24, 2.45) is 11.1 Å². The molecule has 0 N–H and O–H groups in total. The third kappa shape index (κ3) is 4.58. The summed E-state index contributed by atoms with van der Waals surface area (Å²) < 4.78 is 44.0. The molecule has 1 aromatic heterocycles. The molecular weight excluding hydrogens is 373 g/mol. The Bertz CT molecular complexity index is 821. The molecule has 0 unspecified atom stereocenters. The molecule has 28 heavy (non-hydrogen) atoms. The molecule has 9 heteroatoms. The van der Waals surface area contributed by atoms with Crippen molar-refractivity contribution in [2.45, 2.75) is 32.0 Å². The lowest BCUT2D eigenvalue weighted by atomic mass is 9.94. The first kappa shape index (κ1) is 20.0. The minimum Gasteiger partial charge on any atom is -0.471 e. The lowest BCUT2D eigenvalue weighted by Gasteiger charge is -2.32. The molecule has 1 fully saturated rings.